The highest BCUT2D eigenvalue weighted by Crippen LogP contribution is 2.37. The smallest absolute Gasteiger partial charge is 0.265 e. The van der Waals surface area contributed by atoms with E-state index in [1.165, 1.54) is 56.6 Å². The molecule has 3 aromatic carbocycles. The number of carbonyl (C=O) groups is 2. The van der Waals surface area contributed by atoms with Gasteiger partial charge in [0.05, 0.1) is 31.9 Å². The Morgan fingerprint density at radius 3 is 2.13 bits per heavy atom. The summed E-state index contributed by atoms with van der Waals surface area (Å²) >= 11 is 6.34. The number of nitrogens with one attached hydrogen (secondary N) is 1. The van der Waals surface area contributed by atoms with Gasteiger partial charge in [-0.25, -0.2) is 8.42 Å². The molecule has 0 aliphatic rings. The van der Waals surface area contributed by atoms with Crippen LogP contribution in [0.3, 0.4) is 0 Å². The number of amides is 2. The summed E-state index contributed by atoms with van der Waals surface area (Å²) in [5.41, 5.74) is 1.81. The van der Waals surface area contributed by atoms with Crippen LogP contribution in [0.2, 0.25) is 5.02 Å². The maximum absolute atomic E-state index is 14.4. The van der Waals surface area contributed by atoms with Gasteiger partial charge in [0.15, 0.2) is 11.5 Å². The molecule has 2 amide bonds. The van der Waals surface area contributed by atoms with Crippen LogP contribution < -0.4 is 23.8 Å². The summed E-state index contributed by atoms with van der Waals surface area (Å²) in [7, 11) is -0.200. The normalized spacial score (nSPS) is 12.5. The average Bonchev–Trinajstić information content (AvgIpc) is 3.03. The number of methoxy groups -OCH3 is 3. The summed E-state index contributed by atoms with van der Waals surface area (Å²) in [6.07, 6.45) is 1.02. The van der Waals surface area contributed by atoms with Crippen molar-refractivity contribution >= 4 is 39.1 Å². The topological polar surface area (TPSA) is 114 Å². The molecule has 0 heterocycles. The van der Waals surface area contributed by atoms with Gasteiger partial charge in [-0.2, -0.15) is 0 Å². The van der Waals surface area contributed by atoms with Crippen LogP contribution in [0.25, 0.3) is 0 Å². The zero-order valence-corrected chi connectivity index (χ0v) is 28.4. The molecule has 3 aromatic rings. The lowest BCUT2D eigenvalue weighted by Gasteiger charge is -2.34. The Balaban J connectivity index is 2.19. The first-order valence-corrected chi connectivity index (χ1v) is 16.5. The number of nitrogens with zero attached hydrogens (tertiary/aromatic N) is 2. The van der Waals surface area contributed by atoms with E-state index in [9.17, 15) is 18.0 Å². The first-order valence-electron chi connectivity index (χ1n) is 14.6. The summed E-state index contributed by atoms with van der Waals surface area (Å²) < 4.78 is 45.9. The molecule has 3 rings (SSSR count). The molecule has 0 aromatic heterocycles. The van der Waals surface area contributed by atoms with E-state index in [0.717, 1.165) is 15.4 Å². The van der Waals surface area contributed by atoms with E-state index >= 15 is 0 Å². The third kappa shape index (κ3) is 8.40. The van der Waals surface area contributed by atoms with Gasteiger partial charge >= 0.3 is 0 Å². The molecule has 0 unspecified atom stereocenters. The fourth-order valence-corrected chi connectivity index (χ4v) is 6.41. The first kappa shape index (κ1) is 35.5. The molecule has 0 saturated carbocycles. The lowest BCUT2D eigenvalue weighted by atomic mass is 10.1. The van der Waals surface area contributed by atoms with Crippen LogP contribution in [0, 0.1) is 6.92 Å². The molecule has 2 atom stereocenters. The molecular weight excluding hydrogens is 618 g/mol. The van der Waals surface area contributed by atoms with Crippen molar-refractivity contribution in [3.05, 3.63) is 76.8 Å². The Kier molecular flexibility index (Phi) is 12.5. The van der Waals surface area contributed by atoms with Crippen molar-refractivity contribution in [2.45, 2.75) is 64.1 Å². The molecule has 0 spiro atoms. The van der Waals surface area contributed by atoms with Gasteiger partial charge in [0.25, 0.3) is 10.0 Å². The van der Waals surface area contributed by atoms with Crippen LogP contribution in [-0.2, 0) is 26.2 Å². The predicted molar refractivity (Wildman–Crippen MR) is 176 cm³/mol. The highest BCUT2D eigenvalue weighted by atomic mass is 35.5. The van der Waals surface area contributed by atoms with Gasteiger partial charge in [0.2, 0.25) is 11.8 Å². The molecule has 0 aliphatic carbocycles. The van der Waals surface area contributed by atoms with Crippen molar-refractivity contribution in [2.75, 3.05) is 32.2 Å². The second kappa shape index (κ2) is 15.9. The maximum atomic E-state index is 14.4. The van der Waals surface area contributed by atoms with Crippen molar-refractivity contribution in [1.29, 1.82) is 0 Å². The molecule has 0 fully saturated rings. The van der Waals surface area contributed by atoms with Crippen molar-refractivity contribution < 1.29 is 32.2 Å². The second-order valence-electron chi connectivity index (χ2n) is 10.5. The van der Waals surface area contributed by atoms with Gasteiger partial charge in [-0.3, -0.25) is 13.9 Å². The number of carbonyl (C=O) groups excluding carboxylic acids is 2. The van der Waals surface area contributed by atoms with Gasteiger partial charge in [-0.05, 0) is 68.1 Å². The SMILES string of the molecule is CC[C@@H](C)NC(=O)[C@@H](CC)N(Cc1ccccc1C)C(=O)CN(c1cc(Cl)ccc1OC)S(=O)(=O)c1ccc(OC)c(OC)c1. The number of hydrogen-bond donors (Lipinski definition) is 1. The van der Waals surface area contributed by atoms with Crippen molar-refractivity contribution in [2.24, 2.45) is 0 Å². The molecule has 244 valence electrons. The highest BCUT2D eigenvalue weighted by molar-refractivity contribution is 7.92. The minimum absolute atomic E-state index is 0.0566. The number of halogens is 1. The van der Waals surface area contributed by atoms with Crippen LogP contribution in [0.15, 0.2) is 65.6 Å². The molecule has 0 aliphatic heterocycles. The Bertz CT molecular complexity index is 1600. The molecule has 0 bridgehead atoms. The zero-order valence-electron chi connectivity index (χ0n) is 26.8. The second-order valence-corrected chi connectivity index (χ2v) is 12.8. The molecule has 45 heavy (non-hydrogen) atoms. The Labute approximate surface area is 271 Å². The fraction of sp³-hybridized carbons (Fsp3) is 0.394. The lowest BCUT2D eigenvalue weighted by Crippen LogP contribution is -2.53. The number of rotatable bonds is 15. The number of ether oxygens (including phenoxy) is 3. The number of sulfonamides is 1. The van der Waals surface area contributed by atoms with E-state index in [0.29, 0.717) is 18.6 Å². The molecule has 0 radical (unpaired) electrons. The third-order valence-corrected chi connectivity index (χ3v) is 9.61. The fourth-order valence-electron chi connectivity index (χ4n) is 4.81. The summed E-state index contributed by atoms with van der Waals surface area (Å²) in [5, 5.41) is 3.22. The van der Waals surface area contributed by atoms with Crippen LogP contribution >= 0.6 is 11.6 Å². The largest absolute Gasteiger partial charge is 0.495 e. The van der Waals surface area contributed by atoms with E-state index in [-0.39, 0.29) is 45.6 Å². The monoisotopic (exact) mass is 659 g/mol. The Morgan fingerprint density at radius 2 is 1.53 bits per heavy atom. The number of benzene rings is 3. The van der Waals surface area contributed by atoms with Crippen molar-refractivity contribution in [1.82, 2.24) is 10.2 Å². The van der Waals surface area contributed by atoms with E-state index in [4.69, 9.17) is 25.8 Å². The zero-order chi connectivity index (χ0) is 33.3. The van der Waals surface area contributed by atoms with Crippen molar-refractivity contribution in [3.8, 4) is 17.2 Å². The van der Waals surface area contributed by atoms with Crippen LogP contribution in [0.4, 0.5) is 5.69 Å². The van der Waals surface area contributed by atoms with Crippen LogP contribution in [0.1, 0.15) is 44.7 Å². The van der Waals surface area contributed by atoms with Gasteiger partial charge in [-0.1, -0.05) is 49.7 Å². The number of hydrogen-bond acceptors (Lipinski definition) is 7. The maximum Gasteiger partial charge on any atom is 0.265 e. The Hall–Kier alpha value is -3.96. The van der Waals surface area contributed by atoms with Crippen molar-refractivity contribution in [3.63, 3.8) is 0 Å². The predicted octanol–water partition coefficient (Wildman–Crippen LogP) is 5.59. The molecular formula is C33H42ClN3O7S. The summed E-state index contributed by atoms with van der Waals surface area (Å²) in [4.78, 5) is 29.2. The summed E-state index contributed by atoms with van der Waals surface area (Å²) in [6, 6.07) is 15.2. The van der Waals surface area contributed by atoms with Gasteiger partial charge in [0, 0.05) is 23.7 Å². The summed E-state index contributed by atoms with van der Waals surface area (Å²) in [6.45, 7) is 7.03. The lowest BCUT2D eigenvalue weighted by molar-refractivity contribution is -0.140. The minimum atomic E-state index is -4.44. The van der Waals surface area contributed by atoms with Gasteiger partial charge < -0.3 is 24.4 Å². The van der Waals surface area contributed by atoms with Crippen LogP contribution in [0.5, 0.6) is 17.2 Å². The van der Waals surface area contributed by atoms with Gasteiger partial charge in [-0.15, -0.1) is 0 Å². The van der Waals surface area contributed by atoms with E-state index in [2.05, 4.69) is 5.32 Å². The molecule has 10 nitrogen and oxygen atoms in total. The third-order valence-electron chi connectivity index (χ3n) is 7.62. The minimum Gasteiger partial charge on any atom is -0.495 e. The van der Waals surface area contributed by atoms with Gasteiger partial charge in [0.1, 0.15) is 18.3 Å². The number of anilines is 1. The van der Waals surface area contributed by atoms with E-state index in [1.54, 1.807) is 6.07 Å². The van der Waals surface area contributed by atoms with E-state index in [1.807, 2.05) is 52.0 Å². The first-order chi connectivity index (χ1) is 21.4. The highest BCUT2D eigenvalue weighted by Gasteiger charge is 2.35. The average molecular weight is 660 g/mol. The van der Waals surface area contributed by atoms with Crippen LogP contribution in [-0.4, -0.2) is 65.1 Å². The Morgan fingerprint density at radius 1 is 0.889 bits per heavy atom. The molecule has 1 N–H and O–H groups in total. The quantitative estimate of drug-likeness (QED) is 0.226. The summed E-state index contributed by atoms with van der Waals surface area (Å²) in [5.74, 6) is -0.194. The molecule has 0 saturated heterocycles. The molecule has 12 heteroatoms. The standard InChI is InChI=1S/C33H42ClN3O7S/c1-8-23(4)35-33(39)27(9-2)36(20-24-13-11-10-12-22(24)3)32(38)21-37(28-18-25(34)14-16-29(28)42-5)45(40,41)26-15-17-30(43-6)31(19-26)44-7/h10-19,23,27H,8-9,20-21H2,1-7H3,(H,35,39)/t23-,27-/m1/s1. The number of aryl methyl sites for hydroxylation is 1. The van der Waals surface area contributed by atoms with E-state index < -0.39 is 28.5 Å².